The van der Waals surface area contributed by atoms with Crippen molar-refractivity contribution in [2.75, 3.05) is 32.8 Å². The van der Waals surface area contributed by atoms with Crippen molar-refractivity contribution in [1.29, 1.82) is 0 Å². The molecule has 0 aliphatic rings. The molecule has 0 bridgehead atoms. The molecule has 268 valence electrons. The molecule has 5 aromatic rings. The zero-order valence-corrected chi connectivity index (χ0v) is 29.6. The molecule has 0 saturated heterocycles. The molecule has 0 radical (unpaired) electrons. The first-order chi connectivity index (χ1) is 24.3. The number of carbonyl (C=O) groups excluding carboxylic acids is 1. The van der Waals surface area contributed by atoms with Gasteiger partial charge in [-0.05, 0) is 59.0 Å². The van der Waals surface area contributed by atoms with Gasteiger partial charge in [0.2, 0.25) is 5.91 Å². The molecule has 0 saturated carbocycles. The Morgan fingerprint density at radius 1 is 0.745 bits per heavy atom. The van der Waals surface area contributed by atoms with Gasteiger partial charge in [0.05, 0.1) is 30.2 Å². The molecule has 51 heavy (non-hydrogen) atoms. The summed E-state index contributed by atoms with van der Waals surface area (Å²) in [6.45, 7) is 2.48. The molecule has 0 heterocycles. The van der Waals surface area contributed by atoms with Crippen LogP contribution in [0.1, 0.15) is 40.2 Å². The second-order valence-electron chi connectivity index (χ2n) is 11.9. The Kier molecular flexibility index (Phi) is 15.2. The van der Waals surface area contributed by atoms with Gasteiger partial charge in [0.15, 0.2) is 0 Å². The van der Waals surface area contributed by atoms with E-state index in [0.717, 1.165) is 28.5 Å². The van der Waals surface area contributed by atoms with Crippen molar-refractivity contribution < 1.29 is 27.4 Å². The molecular formula is C41H41Cl2F3N2O3. The SMILES string of the molecule is Cl.O=C(Cc1cccc(OCCCN(Cc2cccc(C(F)(F)F)c2Cl)CC(c2ccccc2)c2ccccc2)c1)NCCOc1ccccc1. The van der Waals surface area contributed by atoms with E-state index in [1.807, 2.05) is 91.0 Å². The average Bonchev–Trinajstić information content (AvgIpc) is 3.12. The number of para-hydroxylation sites is 1. The largest absolute Gasteiger partial charge is 0.494 e. The number of halogens is 5. The second-order valence-corrected chi connectivity index (χ2v) is 12.3. The highest BCUT2D eigenvalue weighted by molar-refractivity contribution is 6.32. The molecule has 1 amide bonds. The summed E-state index contributed by atoms with van der Waals surface area (Å²) in [7, 11) is 0. The lowest BCUT2D eigenvalue weighted by Gasteiger charge is -2.29. The van der Waals surface area contributed by atoms with Gasteiger partial charge in [0.25, 0.3) is 0 Å². The van der Waals surface area contributed by atoms with E-state index in [2.05, 4.69) is 34.5 Å². The molecular weight excluding hydrogens is 696 g/mol. The van der Waals surface area contributed by atoms with E-state index in [1.54, 1.807) is 6.07 Å². The van der Waals surface area contributed by atoms with Gasteiger partial charge >= 0.3 is 6.18 Å². The summed E-state index contributed by atoms with van der Waals surface area (Å²) in [5.41, 5.74) is 2.62. The number of amides is 1. The lowest BCUT2D eigenvalue weighted by molar-refractivity contribution is -0.137. The van der Waals surface area contributed by atoms with Crippen LogP contribution in [-0.4, -0.2) is 43.7 Å². The summed E-state index contributed by atoms with van der Waals surface area (Å²) >= 11 is 6.36. The molecule has 1 N–H and O–H groups in total. The topological polar surface area (TPSA) is 50.8 Å². The maximum absolute atomic E-state index is 13.7. The Balaban J connectivity index is 0.00000583. The maximum Gasteiger partial charge on any atom is 0.417 e. The van der Waals surface area contributed by atoms with E-state index in [0.29, 0.717) is 50.6 Å². The third-order valence-corrected chi connectivity index (χ3v) is 8.66. The fourth-order valence-corrected chi connectivity index (χ4v) is 6.07. The van der Waals surface area contributed by atoms with Crippen LogP contribution < -0.4 is 14.8 Å². The standard InChI is InChI=1S/C41H40ClF3N2O3.ClH/c42-40-34(18-11-22-38(40)41(43,44)45)29-47(30-37(32-14-4-1-5-15-32)33-16-6-2-7-17-33)24-12-25-49-36-21-10-13-31(27-36)28-39(48)46-23-26-50-35-19-8-3-9-20-35;/h1-11,13-22,27,37H,12,23-26,28-30H2,(H,46,48);1H. The average molecular weight is 738 g/mol. The van der Waals surface area contributed by atoms with Crippen LogP contribution in [0, 0.1) is 0 Å². The number of benzene rings is 5. The van der Waals surface area contributed by atoms with E-state index >= 15 is 0 Å². The fraction of sp³-hybridized carbons (Fsp3) is 0.244. The summed E-state index contributed by atoms with van der Waals surface area (Å²) in [6.07, 6.45) is -3.73. The van der Waals surface area contributed by atoms with E-state index in [4.69, 9.17) is 21.1 Å². The number of nitrogens with one attached hydrogen (secondary N) is 1. The first kappa shape index (κ1) is 39.3. The number of hydrogen-bond donors (Lipinski definition) is 1. The highest BCUT2D eigenvalue weighted by Gasteiger charge is 2.34. The molecule has 5 rings (SSSR count). The molecule has 0 aromatic heterocycles. The van der Waals surface area contributed by atoms with E-state index in [9.17, 15) is 18.0 Å². The van der Waals surface area contributed by atoms with Crippen molar-refractivity contribution in [3.63, 3.8) is 0 Å². The van der Waals surface area contributed by atoms with E-state index in [-0.39, 0.29) is 42.2 Å². The van der Waals surface area contributed by atoms with Gasteiger partial charge in [0.1, 0.15) is 18.1 Å². The minimum atomic E-state index is -4.55. The molecule has 0 aliphatic carbocycles. The monoisotopic (exact) mass is 736 g/mol. The predicted molar refractivity (Wildman–Crippen MR) is 199 cm³/mol. The van der Waals surface area contributed by atoms with Gasteiger partial charge in [-0.2, -0.15) is 13.2 Å². The number of ether oxygens (including phenoxy) is 2. The molecule has 10 heteroatoms. The molecule has 0 unspecified atom stereocenters. The minimum absolute atomic E-state index is 0. The Morgan fingerprint density at radius 3 is 1.98 bits per heavy atom. The Morgan fingerprint density at radius 2 is 1.33 bits per heavy atom. The number of hydrogen-bond acceptors (Lipinski definition) is 4. The van der Waals surface area contributed by atoms with Crippen LogP contribution in [0.5, 0.6) is 11.5 Å². The maximum atomic E-state index is 13.7. The Bertz CT molecular complexity index is 1740. The number of nitrogens with zero attached hydrogens (tertiary/aromatic N) is 1. The minimum Gasteiger partial charge on any atom is -0.494 e. The Labute approximate surface area is 308 Å². The number of carbonyl (C=O) groups is 1. The molecule has 5 aromatic carbocycles. The van der Waals surface area contributed by atoms with Crippen LogP contribution >= 0.6 is 24.0 Å². The quantitative estimate of drug-likeness (QED) is 0.0967. The third kappa shape index (κ3) is 12.3. The van der Waals surface area contributed by atoms with E-state index < -0.39 is 11.7 Å². The summed E-state index contributed by atoms with van der Waals surface area (Å²) < 4.78 is 52.9. The van der Waals surface area contributed by atoms with Gasteiger partial charge in [-0.25, -0.2) is 0 Å². The predicted octanol–water partition coefficient (Wildman–Crippen LogP) is 9.62. The van der Waals surface area contributed by atoms with Crippen molar-refractivity contribution >= 4 is 29.9 Å². The first-order valence-corrected chi connectivity index (χ1v) is 17.0. The smallest absolute Gasteiger partial charge is 0.417 e. The Hall–Kier alpha value is -4.50. The molecule has 0 atom stereocenters. The summed E-state index contributed by atoms with van der Waals surface area (Å²) in [5.74, 6) is 1.26. The van der Waals surface area contributed by atoms with Crippen LogP contribution in [-0.2, 0) is 23.9 Å². The molecule has 5 nitrogen and oxygen atoms in total. The van der Waals surface area contributed by atoms with Gasteiger partial charge in [-0.15, -0.1) is 12.4 Å². The lowest BCUT2D eigenvalue weighted by atomic mass is 9.90. The first-order valence-electron chi connectivity index (χ1n) is 16.6. The van der Waals surface area contributed by atoms with Crippen LogP contribution in [0.25, 0.3) is 0 Å². The highest BCUT2D eigenvalue weighted by Crippen LogP contribution is 2.37. The van der Waals surface area contributed by atoms with Crippen molar-refractivity contribution in [1.82, 2.24) is 10.2 Å². The fourth-order valence-electron chi connectivity index (χ4n) is 5.78. The molecule has 0 aliphatic heterocycles. The van der Waals surface area contributed by atoms with Crippen LogP contribution in [0.15, 0.2) is 133 Å². The van der Waals surface area contributed by atoms with Crippen LogP contribution in [0.4, 0.5) is 13.2 Å². The van der Waals surface area contributed by atoms with Crippen LogP contribution in [0.3, 0.4) is 0 Å². The van der Waals surface area contributed by atoms with Gasteiger partial charge in [0, 0.05) is 25.6 Å². The second kappa shape index (κ2) is 19.8. The summed E-state index contributed by atoms with van der Waals surface area (Å²) in [6, 6.07) is 41.1. The third-order valence-electron chi connectivity index (χ3n) is 8.21. The van der Waals surface area contributed by atoms with Crippen LogP contribution in [0.2, 0.25) is 5.02 Å². The summed E-state index contributed by atoms with van der Waals surface area (Å²) in [5, 5.41) is 2.60. The summed E-state index contributed by atoms with van der Waals surface area (Å²) in [4.78, 5) is 14.7. The molecule has 0 fully saturated rings. The normalized spacial score (nSPS) is 11.3. The highest BCUT2D eigenvalue weighted by atomic mass is 35.5. The number of rotatable bonds is 17. The lowest BCUT2D eigenvalue weighted by Crippen LogP contribution is -2.31. The van der Waals surface area contributed by atoms with Crippen molar-refractivity contribution in [3.8, 4) is 11.5 Å². The van der Waals surface area contributed by atoms with E-state index in [1.165, 1.54) is 6.07 Å². The van der Waals surface area contributed by atoms with Crippen molar-refractivity contribution in [2.45, 2.75) is 31.5 Å². The van der Waals surface area contributed by atoms with Crippen molar-refractivity contribution in [2.24, 2.45) is 0 Å². The van der Waals surface area contributed by atoms with Crippen molar-refractivity contribution in [3.05, 3.63) is 166 Å². The van der Waals surface area contributed by atoms with Gasteiger partial charge in [-0.1, -0.05) is 115 Å². The zero-order chi connectivity index (χ0) is 35.2. The number of alkyl halides is 3. The van der Waals surface area contributed by atoms with Gasteiger partial charge < -0.3 is 14.8 Å². The molecule has 0 spiro atoms. The van der Waals surface area contributed by atoms with Gasteiger partial charge in [-0.3, -0.25) is 9.69 Å². The zero-order valence-electron chi connectivity index (χ0n) is 28.0.